The van der Waals surface area contributed by atoms with E-state index in [-0.39, 0.29) is 6.61 Å². The topological polar surface area (TPSA) is 135 Å². The molecule has 1 aliphatic rings. The van der Waals surface area contributed by atoms with Crippen molar-refractivity contribution in [2.75, 3.05) is 43.2 Å². The molecule has 1 fully saturated rings. The van der Waals surface area contributed by atoms with Crippen LogP contribution in [0.15, 0.2) is 35.4 Å². The van der Waals surface area contributed by atoms with Gasteiger partial charge < -0.3 is 25.2 Å². The van der Waals surface area contributed by atoms with E-state index < -0.39 is 11.5 Å². The Morgan fingerprint density at radius 2 is 2.13 bits per heavy atom. The van der Waals surface area contributed by atoms with Crippen LogP contribution in [0, 0.1) is 0 Å². The lowest BCUT2D eigenvalue weighted by atomic mass is 10.2. The number of hydrogen-bond donors (Lipinski definition) is 3. The maximum absolute atomic E-state index is 11.3. The van der Waals surface area contributed by atoms with Gasteiger partial charge in [-0.05, 0) is 32.0 Å². The third-order valence-electron chi connectivity index (χ3n) is 4.12. The molecule has 10 nitrogen and oxygen atoms in total. The van der Waals surface area contributed by atoms with Crippen LogP contribution in [0.5, 0.6) is 5.88 Å². The Kier molecular flexibility index (Phi) is 6.80. The molecule has 2 heterocycles. The summed E-state index contributed by atoms with van der Waals surface area (Å²) in [6.45, 7) is 5.93. The van der Waals surface area contributed by atoms with Gasteiger partial charge in [-0.2, -0.15) is 10.1 Å². The standard InChI is InChI=1S/C20H26N6O4/c1-20(2,28)13-30-17-11-16(23-19(24-17)26-6-8-29-9-7-26)12-22-25-15-5-3-4-14(10-15)18(21)27/h3-5,10-12,25,28H,6-9,13H2,1-2H3,(H2,21,27). The number of carbonyl (C=O) groups is 1. The molecule has 4 N–H and O–H groups in total. The number of anilines is 2. The molecule has 160 valence electrons. The number of hydrazone groups is 1. The molecule has 1 saturated heterocycles. The fourth-order valence-electron chi connectivity index (χ4n) is 2.64. The van der Waals surface area contributed by atoms with E-state index >= 15 is 0 Å². The number of aliphatic hydroxyl groups is 1. The van der Waals surface area contributed by atoms with Crippen molar-refractivity contribution in [2.45, 2.75) is 19.4 Å². The molecule has 1 aromatic heterocycles. The lowest BCUT2D eigenvalue weighted by Gasteiger charge is -2.27. The van der Waals surface area contributed by atoms with Gasteiger partial charge in [0.05, 0.1) is 36.4 Å². The van der Waals surface area contributed by atoms with Crippen molar-refractivity contribution < 1.29 is 19.4 Å². The van der Waals surface area contributed by atoms with E-state index in [9.17, 15) is 9.90 Å². The van der Waals surface area contributed by atoms with E-state index in [1.54, 1.807) is 44.2 Å². The number of nitrogens with two attached hydrogens (primary N) is 1. The minimum atomic E-state index is -0.995. The van der Waals surface area contributed by atoms with Crippen LogP contribution in [0.25, 0.3) is 0 Å². The SMILES string of the molecule is CC(C)(O)COc1cc(C=NNc2cccc(C(N)=O)c2)nc(N2CCOCC2)n1. The molecule has 2 aromatic rings. The zero-order valence-corrected chi connectivity index (χ0v) is 17.0. The molecule has 0 unspecified atom stereocenters. The first-order valence-electron chi connectivity index (χ1n) is 9.56. The highest BCUT2D eigenvalue weighted by molar-refractivity contribution is 5.93. The van der Waals surface area contributed by atoms with Gasteiger partial charge in [0.1, 0.15) is 6.61 Å². The highest BCUT2D eigenvalue weighted by atomic mass is 16.5. The number of benzene rings is 1. The van der Waals surface area contributed by atoms with E-state index in [0.29, 0.717) is 55.1 Å². The summed E-state index contributed by atoms with van der Waals surface area (Å²) in [6.07, 6.45) is 1.53. The van der Waals surface area contributed by atoms with E-state index in [4.69, 9.17) is 15.2 Å². The Balaban J connectivity index is 1.78. The van der Waals surface area contributed by atoms with Crippen LogP contribution in [0.3, 0.4) is 0 Å². The Hall–Kier alpha value is -3.24. The second-order valence-corrected chi connectivity index (χ2v) is 7.45. The molecule has 0 spiro atoms. The van der Waals surface area contributed by atoms with Crippen LogP contribution in [0.4, 0.5) is 11.6 Å². The van der Waals surface area contributed by atoms with E-state index in [2.05, 4.69) is 20.5 Å². The predicted molar refractivity (Wildman–Crippen MR) is 113 cm³/mol. The van der Waals surface area contributed by atoms with E-state index in [0.717, 1.165) is 0 Å². The van der Waals surface area contributed by atoms with Crippen molar-refractivity contribution in [3.8, 4) is 5.88 Å². The summed E-state index contributed by atoms with van der Waals surface area (Å²) in [4.78, 5) is 22.3. The van der Waals surface area contributed by atoms with Gasteiger partial charge in [0.25, 0.3) is 0 Å². The van der Waals surface area contributed by atoms with Gasteiger partial charge in [-0.25, -0.2) is 4.98 Å². The minimum Gasteiger partial charge on any atom is -0.474 e. The number of ether oxygens (including phenoxy) is 2. The number of morpholine rings is 1. The van der Waals surface area contributed by atoms with Crippen LogP contribution in [0.1, 0.15) is 29.9 Å². The summed E-state index contributed by atoms with van der Waals surface area (Å²) in [5, 5.41) is 14.1. The number of hydrogen-bond acceptors (Lipinski definition) is 9. The highest BCUT2D eigenvalue weighted by Crippen LogP contribution is 2.18. The highest BCUT2D eigenvalue weighted by Gasteiger charge is 2.18. The number of amides is 1. The zero-order chi connectivity index (χ0) is 21.6. The summed E-state index contributed by atoms with van der Waals surface area (Å²) in [6, 6.07) is 8.35. The van der Waals surface area contributed by atoms with Crippen LogP contribution >= 0.6 is 0 Å². The van der Waals surface area contributed by atoms with Gasteiger partial charge in [0.2, 0.25) is 17.7 Å². The van der Waals surface area contributed by atoms with Crippen molar-refractivity contribution in [3.05, 3.63) is 41.6 Å². The quantitative estimate of drug-likeness (QED) is 0.430. The maximum atomic E-state index is 11.3. The van der Waals surface area contributed by atoms with Crippen LogP contribution in [0.2, 0.25) is 0 Å². The zero-order valence-electron chi connectivity index (χ0n) is 17.0. The monoisotopic (exact) mass is 414 g/mol. The van der Waals surface area contributed by atoms with E-state index in [1.165, 1.54) is 6.21 Å². The Morgan fingerprint density at radius 3 is 2.83 bits per heavy atom. The summed E-state index contributed by atoms with van der Waals surface area (Å²) in [5.41, 5.74) is 8.68. The predicted octanol–water partition coefficient (Wildman–Crippen LogP) is 1.01. The third-order valence-corrected chi connectivity index (χ3v) is 4.12. The molecular weight excluding hydrogens is 388 g/mol. The molecule has 30 heavy (non-hydrogen) atoms. The third kappa shape index (κ3) is 6.39. The van der Waals surface area contributed by atoms with Gasteiger partial charge in [0.15, 0.2) is 0 Å². The smallest absolute Gasteiger partial charge is 0.248 e. The first kappa shape index (κ1) is 21.5. The van der Waals surface area contributed by atoms with Gasteiger partial charge in [0, 0.05) is 24.7 Å². The van der Waals surface area contributed by atoms with Crippen LogP contribution in [-0.4, -0.2) is 65.7 Å². The average Bonchev–Trinajstić information content (AvgIpc) is 2.72. The molecule has 0 aliphatic carbocycles. The number of primary amides is 1. The number of carbonyl (C=O) groups excluding carboxylic acids is 1. The summed E-state index contributed by atoms with van der Waals surface area (Å²) in [7, 11) is 0. The first-order chi connectivity index (χ1) is 14.3. The molecule has 1 amide bonds. The van der Waals surface area contributed by atoms with Crippen LogP contribution < -0.4 is 20.8 Å². The Bertz CT molecular complexity index is 906. The van der Waals surface area contributed by atoms with Gasteiger partial charge in [-0.15, -0.1) is 0 Å². The lowest BCUT2D eigenvalue weighted by molar-refractivity contribution is 0.0268. The van der Waals surface area contributed by atoms with Crippen molar-refractivity contribution in [1.29, 1.82) is 0 Å². The summed E-state index contributed by atoms with van der Waals surface area (Å²) in [5.74, 6) is 0.330. The Labute approximate surface area is 174 Å². The number of nitrogens with one attached hydrogen (secondary N) is 1. The minimum absolute atomic E-state index is 0.0846. The van der Waals surface area contributed by atoms with Crippen molar-refractivity contribution in [2.24, 2.45) is 10.8 Å². The molecule has 0 bridgehead atoms. The average molecular weight is 414 g/mol. The molecule has 10 heteroatoms. The molecule has 0 radical (unpaired) electrons. The molecule has 1 aromatic carbocycles. The first-order valence-corrected chi connectivity index (χ1v) is 9.56. The molecular formula is C20H26N6O4. The number of nitrogens with zero attached hydrogens (tertiary/aromatic N) is 4. The second-order valence-electron chi connectivity index (χ2n) is 7.45. The Morgan fingerprint density at radius 1 is 1.37 bits per heavy atom. The second kappa shape index (κ2) is 9.51. The molecule has 0 atom stereocenters. The fraction of sp³-hybridized carbons (Fsp3) is 0.400. The van der Waals surface area contributed by atoms with E-state index in [1.807, 2.05) is 4.90 Å². The molecule has 1 aliphatic heterocycles. The summed E-state index contributed by atoms with van der Waals surface area (Å²) < 4.78 is 11.0. The maximum Gasteiger partial charge on any atom is 0.248 e. The number of aromatic nitrogens is 2. The van der Waals surface area contributed by atoms with Crippen molar-refractivity contribution >= 4 is 23.8 Å². The van der Waals surface area contributed by atoms with Crippen molar-refractivity contribution in [3.63, 3.8) is 0 Å². The lowest BCUT2D eigenvalue weighted by Crippen LogP contribution is -2.37. The molecule has 0 saturated carbocycles. The van der Waals surface area contributed by atoms with Gasteiger partial charge in [-0.1, -0.05) is 6.07 Å². The summed E-state index contributed by atoms with van der Waals surface area (Å²) >= 11 is 0. The number of rotatable bonds is 8. The normalized spacial score (nSPS) is 14.7. The fourth-order valence-corrected chi connectivity index (χ4v) is 2.64. The van der Waals surface area contributed by atoms with Crippen molar-refractivity contribution in [1.82, 2.24) is 9.97 Å². The molecule has 3 rings (SSSR count). The van der Waals surface area contributed by atoms with Gasteiger partial charge >= 0.3 is 0 Å². The largest absolute Gasteiger partial charge is 0.474 e. The van der Waals surface area contributed by atoms with Gasteiger partial charge in [-0.3, -0.25) is 10.2 Å². The van der Waals surface area contributed by atoms with Crippen LogP contribution in [-0.2, 0) is 4.74 Å².